The Labute approximate surface area is 129 Å². The van der Waals surface area contributed by atoms with Crippen molar-refractivity contribution in [3.63, 3.8) is 0 Å². The minimum Gasteiger partial charge on any atom is -0.454 e. The molecule has 3 aromatic rings. The van der Waals surface area contributed by atoms with Crippen molar-refractivity contribution in [2.75, 3.05) is 19.1 Å². The predicted molar refractivity (Wildman–Crippen MR) is 82.6 cm³/mol. The zero-order valence-electron chi connectivity index (χ0n) is 12.0. The normalized spacial score (nSPS) is 14.3. The highest BCUT2D eigenvalue weighted by Crippen LogP contribution is 2.37. The number of H-pyrrole nitrogens is 2. The Morgan fingerprint density at radius 1 is 1.35 bits per heavy atom. The van der Waals surface area contributed by atoms with Gasteiger partial charge >= 0.3 is 0 Å². The van der Waals surface area contributed by atoms with Gasteiger partial charge in [-0.25, -0.2) is 4.98 Å². The van der Waals surface area contributed by atoms with Crippen molar-refractivity contribution in [2.45, 2.75) is 5.92 Å². The second kappa shape index (κ2) is 5.03. The number of ether oxygens (including phenoxy) is 2. The number of nitrogens with one attached hydrogen (secondary N) is 2. The van der Waals surface area contributed by atoms with Gasteiger partial charge in [0.2, 0.25) is 12.7 Å². The van der Waals surface area contributed by atoms with Crippen molar-refractivity contribution in [1.82, 2.24) is 15.0 Å². The van der Waals surface area contributed by atoms with Crippen LogP contribution < -0.4 is 20.8 Å². The van der Waals surface area contributed by atoms with Crippen molar-refractivity contribution in [2.24, 2.45) is 0 Å². The highest BCUT2D eigenvalue weighted by Gasteiger charge is 2.22. The van der Waals surface area contributed by atoms with Crippen LogP contribution in [0.25, 0.3) is 11.0 Å². The highest BCUT2D eigenvalue weighted by molar-refractivity contribution is 5.80. The molecule has 1 aliphatic rings. The minimum absolute atomic E-state index is 0.0331. The molecule has 118 valence electrons. The van der Waals surface area contributed by atoms with E-state index in [9.17, 15) is 9.90 Å². The van der Waals surface area contributed by atoms with Crippen molar-refractivity contribution in [3.8, 4) is 11.5 Å². The third kappa shape index (κ3) is 2.11. The quantitative estimate of drug-likeness (QED) is 0.563. The summed E-state index contributed by atoms with van der Waals surface area (Å²) in [4.78, 5) is 21.4. The first kappa shape index (κ1) is 13.6. The Morgan fingerprint density at radius 2 is 2.17 bits per heavy atom. The molecule has 1 aromatic carbocycles. The van der Waals surface area contributed by atoms with Gasteiger partial charge in [-0.2, -0.15) is 0 Å². The molecule has 2 aromatic heterocycles. The lowest BCUT2D eigenvalue weighted by atomic mass is 9.93. The van der Waals surface area contributed by atoms with E-state index in [1.54, 1.807) is 12.3 Å². The number of rotatable bonds is 3. The summed E-state index contributed by atoms with van der Waals surface area (Å²) in [6, 6.07) is 5.46. The van der Waals surface area contributed by atoms with Gasteiger partial charge in [-0.15, -0.1) is 0 Å². The predicted octanol–water partition coefficient (Wildman–Crippen LogP) is 0.686. The third-order valence-corrected chi connectivity index (χ3v) is 3.94. The van der Waals surface area contributed by atoms with Gasteiger partial charge in [0.1, 0.15) is 11.0 Å². The number of fused-ring (bicyclic) bond motifs is 2. The molecule has 0 spiro atoms. The van der Waals surface area contributed by atoms with Gasteiger partial charge in [-0.3, -0.25) is 9.78 Å². The van der Waals surface area contributed by atoms with E-state index < -0.39 is 0 Å². The molecule has 1 aliphatic heterocycles. The van der Waals surface area contributed by atoms with E-state index in [4.69, 9.17) is 15.2 Å². The monoisotopic (exact) mass is 314 g/mol. The number of aliphatic hydroxyl groups is 1. The van der Waals surface area contributed by atoms with Gasteiger partial charge in [0.25, 0.3) is 5.56 Å². The van der Waals surface area contributed by atoms with Crippen LogP contribution in [0.1, 0.15) is 17.0 Å². The summed E-state index contributed by atoms with van der Waals surface area (Å²) in [5, 5.41) is 9.87. The summed E-state index contributed by atoms with van der Waals surface area (Å²) in [7, 11) is 0. The third-order valence-electron chi connectivity index (χ3n) is 3.94. The number of anilines is 1. The molecule has 0 radical (unpaired) electrons. The van der Waals surface area contributed by atoms with Crippen LogP contribution in [-0.4, -0.2) is 33.5 Å². The van der Waals surface area contributed by atoms with Crippen LogP contribution >= 0.6 is 0 Å². The fraction of sp³-hybridized carbons (Fsp3) is 0.200. The van der Waals surface area contributed by atoms with Gasteiger partial charge < -0.3 is 25.3 Å². The average Bonchev–Trinajstić information content (AvgIpc) is 3.15. The molecule has 0 saturated heterocycles. The van der Waals surface area contributed by atoms with Gasteiger partial charge in [0.05, 0.1) is 6.61 Å². The Balaban J connectivity index is 1.86. The summed E-state index contributed by atoms with van der Waals surface area (Å²) in [6.45, 7) is 0.0319. The lowest BCUT2D eigenvalue weighted by molar-refractivity contribution is 0.174. The van der Waals surface area contributed by atoms with Gasteiger partial charge in [-0.05, 0) is 17.7 Å². The Bertz CT molecular complexity index is 946. The Morgan fingerprint density at radius 3 is 3.00 bits per heavy atom. The van der Waals surface area contributed by atoms with E-state index in [0.717, 1.165) is 5.56 Å². The van der Waals surface area contributed by atoms with Crippen LogP contribution in [0.4, 0.5) is 5.95 Å². The second-order valence-corrected chi connectivity index (χ2v) is 5.27. The van der Waals surface area contributed by atoms with E-state index >= 15 is 0 Å². The van der Waals surface area contributed by atoms with Crippen molar-refractivity contribution in [3.05, 3.63) is 45.9 Å². The van der Waals surface area contributed by atoms with Crippen molar-refractivity contribution in [1.29, 1.82) is 0 Å². The standard InChI is InChI=1S/C15H14N4O4/c16-15-18-12-8(4-17-13(12)14(21)19-15)9(5-20)7-1-2-10-11(3-7)23-6-22-10/h1-4,9,17,20H,5-6H2,(H3,16,18,19,21). The van der Waals surface area contributed by atoms with E-state index in [0.29, 0.717) is 28.1 Å². The summed E-state index contributed by atoms with van der Waals surface area (Å²) in [5.41, 5.74) is 7.58. The number of benzene rings is 1. The van der Waals surface area contributed by atoms with E-state index in [2.05, 4.69) is 15.0 Å². The lowest BCUT2D eigenvalue weighted by Gasteiger charge is -2.14. The summed E-state index contributed by atoms with van der Waals surface area (Å²) in [6.07, 6.45) is 1.66. The van der Waals surface area contributed by atoms with Crippen molar-refractivity contribution < 1.29 is 14.6 Å². The molecule has 0 saturated carbocycles. The van der Waals surface area contributed by atoms with E-state index in [1.807, 2.05) is 12.1 Å². The summed E-state index contributed by atoms with van der Waals surface area (Å²) >= 11 is 0. The molecule has 0 bridgehead atoms. The van der Waals surface area contributed by atoms with Crippen molar-refractivity contribution >= 4 is 17.0 Å². The number of nitrogen functional groups attached to an aromatic ring is 1. The zero-order valence-corrected chi connectivity index (χ0v) is 12.0. The topological polar surface area (TPSA) is 126 Å². The first-order valence-electron chi connectivity index (χ1n) is 7.04. The number of hydrogen-bond acceptors (Lipinski definition) is 6. The van der Waals surface area contributed by atoms with Crippen LogP contribution in [0.5, 0.6) is 11.5 Å². The van der Waals surface area contributed by atoms with E-state index in [1.165, 1.54) is 0 Å². The fourth-order valence-corrected chi connectivity index (χ4v) is 2.83. The summed E-state index contributed by atoms with van der Waals surface area (Å²) in [5.74, 6) is 0.965. The van der Waals surface area contributed by atoms with Crippen LogP contribution in [0, 0.1) is 0 Å². The number of aromatic amines is 2. The molecule has 1 unspecified atom stereocenters. The maximum atomic E-state index is 11.9. The molecule has 3 heterocycles. The van der Waals surface area contributed by atoms with Crippen LogP contribution in [0.15, 0.2) is 29.2 Å². The first-order chi connectivity index (χ1) is 11.2. The Hall–Kier alpha value is -3.00. The van der Waals surface area contributed by atoms with E-state index in [-0.39, 0.29) is 30.8 Å². The SMILES string of the molecule is Nc1nc2c(C(CO)c3ccc4c(c3)OCO4)c[nH]c2c(=O)[nH]1. The molecule has 0 amide bonds. The highest BCUT2D eigenvalue weighted by atomic mass is 16.7. The van der Waals surface area contributed by atoms with Crippen LogP contribution in [0.2, 0.25) is 0 Å². The second-order valence-electron chi connectivity index (χ2n) is 5.27. The number of hydrogen-bond donors (Lipinski definition) is 4. The number of aromatic nitrogens is 3. The minimum atomic E-state index is -0.369. The largest absolute Gasteiger partial charge is 0.454 e. The number of nitrogens with zero attached hydrogens (tertiary/aromatic N) is 1. The maximum absolute atomic E-state index is 11.9. The molecule has 23 heavy (non-hydrogen) atoms. The molecular formula is C15H14N4O4. The van der Waals surface area contributed by atoms with Gasteiger partial charge in [0.15, 0.2) is 11.5 Å². The molecule has 4 rings (SSSR count). The Kier molecular flexibility index (Phi) is 2.98. The van der Waals surface area contributed by atoms with Gasteiger partial charge in [-0.1, -0.05) is 6.07 Å². The summed E-state index contributed by atoms with van der Waals surface area (Å²) < 4.78 is 10.7. The maximum Gasteiger partial charge on any atom is 0.276 e. The fourth-order valence-electron chi connectivity index (χ4n) is 2.83. The van der Waals surface area contributed by atoms with Gasteiger partial charge in [0, 0.05) is 17.7 Å². The molecular weight excluding hydrogens is 300 g/mol. The zero-order chi connectivity index (χ0) is 16.0. The molecule has 8 nitrogen and oxygen atoms in total. The first-order valence-corrected chi connectivity index (χ1v) is 7.04. The van der Waals surface area contributed by atoms with Crippen LogP contribution in [-0.2, 0) is 0 Å². The lowest BCUT2D eigenvalue weighted by Crippen LogP contribution is -2.12. The smallest absolute Gasteiger partial charge is 0.276 e. The molecule has 5 N–H and O–H groups in total. The number of aliphatic hydroxyl groups excluding tert-OH is 1. The average molecular weight is 314 g/mol. The number of nitrogens with two attached hydrogens (primary N) is 1. The van der Waals surface area contributed by atoms with Crippen LogP contribution in [0.3, 0.4) is 0 Å². The molecule has 8 heteroatoms. The molecule has 1 atom stereocenters. The molecule has 0 fully saturated rings. The molecule has 0 aliphatic carbocycles.